The molecule has 5 rings (SSSR count). The zero-order chi connectivity index (χ0) is 26.7. The molecule has 200 valence electrons. The predicted molar refractivity (Wildman–Crippen MR) is 155 cm³/mol. The van der Waals surface area contributed by atoms with Gasteiger partial charge in [0.25, 0.3) is 5.91 Å². The molecule has 1 N–H and O–H groups in total. The van der Waals surface area contributed by atoms with Crippen LogP contribution in [0.4, 0.5) is 11.5 Å². The molecule has 1 saturated heterocycles. The van der Waals surface area contributed by atoms with Crippen LogP contribution in [-0.4, -0.2) is 55.2 Å². The molecule has 1 amide bonds. The summed E-state index contributed by atoms with van der Waals surface area (Å²) in [4.78, 5) is 27.2. The molecule has 0 bridgehead atoms. The third-order valence-corrected chi connectivity index (χ3v) is 7.89. The molecule has 1 saturated carbocycles. The van der Waals surface area contributed by atoms with Gasteiger partial charge in [0.05, 0.1) is 12.8 Å². The molecule has 2 aliphatic rings. The van der Waals surface area contributed by atoms with E-state index in [0.29, 0.717) is 11.8 Å². The average molecular weight is 532 g/mol. The van der Waals surface area contributed by atoms with Gasteiger partial charge in [-0.1, -0.05) is 44.7 Å². The minimum Gasteiger partial charge on any atom is -0.497 e. The zero-order valence-electron chi connectivity index (χ0n) is 22.7. The fourth-order valence-electron chi connectivity index (χ4n) is 4.46. The largest absolute Gasteiger partial charge is 0.497 e. The minimum absolute atomic E-state index is 0.0152. The van der Waals surface area contributed by atoms with Crippen molar-refractivity contribution in [2.24, 2.45) is 0 Å². The Bertz CT molecular complexity index is 1260. The second-order valence-electron chi connectivity index (χ2n) is 11.1. The second kappa shape index (κ2) is 11.2. The van der Waals surface area contributed by atoms with Gasteiger partial charge in [-0.3, -0.25) is 4.79 Å². The molecule has 0 atom stereocenters. The lowest BCUT2D eigenvalue weighted by atomic mass is 9.92. The number of rotatable bonds is 8. The maximum absolute atomic E-state index is 12.5. The Hall–Kier alpha value is -3.26. The van der Waals surface area contributed by atoms with Crippen molar-refractivity contribution in [1.82, 2.24) is 15.3 Å². The summed E-state index contributed by atoms with van der Waals surface area (Å²) in [6, 6.07) is 18.7. The molecule has 0 spiro atoms. The summed E-state index contributed by atoms with van der Waals surface area (Å²) in [5.74, 6) is 2.59. The summed E-state index contributed by atoms with van der Waals surface area (Å²) >= 11 is 1.63. The van der Waals surface area contributed by atoms with Crippen molar-refractivity contribution in [1.29, 1.82) is 0 Å². The number of carbonyl (C=O) groups is 1. The summed E-state index contributed by atoms with van der Waals surface area (Å²) in [7, 11) is 1.69. The van der Waals surface area contributed by atoms with Gasteiger partial charge in [-0.05, 0) is 54.8 Å². The van der Waals surface area contributed by atoms with Crippen LogP contribution in [0.15, 0.2) is 59.8 Å². The number of piperazine rings is 1. The van der Waals surface area contributed by atoms with Crippen molar-refractivity contribution in [3.63, 3.8) is 0 Å². The van der Waals surface area contributed by atoms with E-state index in [0.717, 1.165) is 72.6 Å². The van der Waals surface area contributed by atoms with Crippen molar-refractivity contribution in [2.45, 2.75) is 56.0 Å². The molecule has 38 heavy (non-hydrogen) atoms. The van der Waals surface area contributed by atoms with Crippen LogP contribution in [0.5, 0.6) is 5.75 Å². The van der Waals surface area contributed by atoms with Crippen LogP contribution in [0.1, 0.15) is 55.2 Å². The highest BCUT2D eigenvalue weighted by Crippen LogP contribution is 2.30. The molecule has 2 fully saturated rings. The average Bonchev–Trinajstić information content (AvgIpc) is 3.75. The molecular formula is C30H37N5O2S. The van der Waals surface area contributed by atoms with E-state index in [1.54, 1.807) is 18.9 Å². The summed E-state index contributed by atoms with van der Waals surface area (Å²) in [6.07, 6.45) is 2.17. The quantitative estimate of drug-likeness (QED) is 0.313. The van der Waals surface area contributed by atoms with E-state index in [9.17, 15) is 4.79 Å². The third-order valence-electron chi connectivity index (χ3n) is 6.97. The Morgan fingerprint density at radius 3 is 2.37 bits per heavy atom. The van der Waals surface area contributed by atoms with Gasteiger partial charge in [-0.15, -0.1) is 0 Å². The molecule has 7 nitrogen and oxygen atoms in total. The number of nitrogens with one attached hydrogen (secondary N) is 1. The van der Waals surface area contributed by atoms with Gasteiger partial charge in [-0.25, -0.2) is 9.97 Å². The molecule has 2 aromatic carbocycles. The van der Waals surface area contributed by atoms with Crippen LogP contribution in [0.3, 0.4) is 0 Å². The van der Waals surface area contributed by atoms with Crippen LogP contribution in [0.2, 0.25) is 0 Å². The number of carbonyl (C=O) groups excluding carboxylic acids is 1. The molecule has 1 aliphatic heterocycles. The highest BCUT2D eigenvalue weighted by Gasteiger charge is 2.25. The monoisotopic (exact) mass is 531 g/mol. The van der Waals surface area contributed by atoms with E-state index in [-0.39, 0.29) is 11.3 Å². The smallest absolute Gasteiger partial charge is 0.251 e. The van der Waals surface area contributed by atoms with Gasteiger partial charge < -0.3 is 19.9 Å². The van der Waals surface area contributed by atoms with E-state index in [1.165, 1.54) is 5.69 Å². The number of methoxy groups -OCH3 is 1. The number of benzene rings is 2. The number of hydrogen-bond donors (Lipinski definition) is 1. The van der Waals surface area contributed by atoms with E-state index in [1.807, 2.05) is 30.3 Å². The van der Waals surface area contributed by atoms with Crippen LogP contribution >= 0.6 is 11.8 Å². The number of thioether (sulfide) groups is 1. The Kier molecular flexibility index (Phi) is 7.79. The lowest BCUT2D eigenvalue weighted by molar-refractivity contribution is 0.0951. The van der Waals surface area contributed by atoms with E-state index in [2.05, 4.69) is 60.2 Å². The van der Waals surface area contributed by atoms with Crippen molar-refractivity contribution in [3.05, 3.63) is 71.4 Å². The van der Waals surface area contributed by atoms with Gasteiger partial charge in [0.2, 0.25) is 0 Å². The number of nitrogens with zero attached hydrogens (tertiary/aromatic N) is 4. The molecule has 0 unspecified atom stereocenters. The fraction of sp³-hybridized carbons (Fsp3) is 0.433. The van der Waals surface area contributed by atoms with Crippen LogP contribution in [0, 0.1) is 0 Å². The summed E-state index contributed by atoms with van der Waals surface area (Å²) in [5.41, 5.74) is 3.99. The summed E-state index contributed by atoms with van der Waals surface area (Å²) in [5, 5.41) is 3.85. The predicted octanol–water partition coefficient (Wildman–Crippen LogP) is 5.29. The molecule has 0 radical (unpaired) electrons. The van der Waals surface area contributed by atoms with Crippen LogP contribution < -0.4 is 19.9 Å². The highest BCUT2D eigenvalue weighted by atomic mass is 32.2. The maximum atomic E-state index is 12.5. The number of anilines is 2. The Morgan fingerprint density at radius 1 is 1.00 bits per heavy atom. The molecular weight excluding hydrogens is 494 g/mol. The molecule has 2 heterocycles. The SMILES string of the molecule is COc1ccc(N2CCN(c3cc(C(C)(C)C)nc(SCc4cccc(C(=O)NC5CC5)c4)n3)CC2)cc1. The maximum Gasteiger partial charge on any atom is 0.251 e. The number of ether oxygens (including phenoxy) is 1. The first kappa shape index (κ1) is 26.4. The van der Waals surface area contributed by atoms with Crippen LogP contribution in [-0.2, 0) is 11.2 Å². The molecule has 1 aromatic heterocycles. The lowest BCUT2D eigenvalue weighted by Crippen LogP contribution is -2.47. The highest BCUT2D eigenvalue weighted by molar-refractivity contribution is 7.98. The minimum atomic E-state index is -0.0846. The van der Waals surface area contributed by atoms with Crippen molar-refractivity contribution in [3.8, 4) is 5.75 Å². The van der Waals surface area contributed by atoms with E-state index in [4.69, 9.17) is 14.7 Å². The third kappa shape index (κ3) is 6.59. The normalized spacial score (nSPS) is 15.9. The number of hydrogen-bond acceptors (Lipinski definition) is 7. The second-order valence-corrected chi connectivity index (χ2v) is 12.0. The molecule has 3 aromatic rings. The lowest BCUT2D eigenvalue weighted by Gasteiger charge is -2.37. The van der Waals surface area contributed by atoms with Gasteiger partial charge in [0, 0.05) is 60.7 Å². The topological polar surface area (TPSA) is 70.6 Å². The van der Waals surface area contributed by atoms with Gasteiger partial charge in [0.15, 0.2) is 5.16 Å². The Morgan fingerprint density at radius 2 is 1.71 bits per heavy atom. The Labute approximate surface area is 230 Å². The molecule has 1 aliphatic carbocycles. The van der Waals surface area contributed by atoms with Gasteiger partial charge >= 0.3 is 0 Å². The fourth-order valence-corrected chi connectivity index (χ4v) is 5.25. The van der Waals surface area contributed by atoms with E-state index >= 15 is 0 Å². The standard InChI is InChI=1S/C30H37N5O2S/c1-30(2,3)26-19-27(35-16-14-34(15-17-35)24-10-12-25(37-4)13-11-24)33-29(32-26)38-20-21-6-5-7-22(18-21)28(36)31-23-8-9-23/h5-7,10-13,18-19,23H,8-9,14-17,20H2,1-4H3,(H,31,36). The molecule has 8 heteroatoms. The van der Waals surface area contributed by atoms with Crippen molar-refractivity contribution in [2.75, 3.05) is 43.1 Å². The Balaban J connectivity index is 1.27. The van der Waals surface area contributed by atoms with Gasteiger partial charge in [-0.2, -0.15) is 0 Å². The summed E-state index contributed by atoms with van der Waals surface area (Å²) < 4.78 is 5.30. The first-order valence-electron chi connectivity index (χ1n) is 13.3. The van der Waals surface area contributed by atoms with E-state index < -0.39 is 0 Å². The first-order valence-corrected chi connectivity index (χ1v) is 14.3. The number of amides is 1. The van der Waals surface area contributed by atoms with Crippen molar-refractivity contribution >= 4 is 29.2 Å². The van der Waals surface area contributed by atoms with Crippen LogP contribution in [0.25, 0.3) is 0 Å². The number of aromatic nitrogens is 2. The summed E-state index contributed by atoms with van der Waals surface area (Å²) in [6.45, 7) is 10.2. The van der Waals surface area contributed by atoms with Crippen molar-refractivity contribution < 1.29 is 9.53 Å². The van der Waals surface area contributed by atoms with Gasteiger partial charge in [0.1, 0.15) is 11.6 Å². The zero-order valence-corrected chi connectivity index (χ0v) is 23.6. The first-order chi connectivity index (χ1) is 18.3.